The van der Waals surface area contributed by atoms with Crippen molar-refractivity contribution in [2.45, 2.75) is 38.8 Å². The predicted octanol–water partition coefficient (Wildman–Crippen LogP) is 2.85. The van der Waals surface area contributed by atoms with Gasteiger partial charge in [-0.3, -0.25) is 4.99 Å². The second kappa shape index (κ2) is 10.2. The molecule has 1 saturated heterocycles. The Hall–Kier alpha value is -1.02. The summed E-state index contributed by atoms with van der Waals surface area (Å²) in [7, 11) is 1.83. The molecule has 2 aliphatic rings. The molecule has 0 radical (unpaired) electrons. The minimum absolute atomic E-state index is 0. The smallest absolute Gasteiger partial charge is 0.191 e. The van der Waals surface area contributed by atoms with Crippen LogP contribution in [0.2, 0.25) is 0 Å². The van der Waals surface area contributed by atoms with Crippen LogP contribution in [0, 0.1) is 5.92 Å². The summed E-state index contributed by atoms with van der Waals surface area (Å²) in [5.41, 5.74) is 1.16. The zero-order chi connectivity index (χ0) is 16.8. The van der Waals surface area contributed by atoms with E-state index in [1.807, 2.05) is 32.2 Å². The lowest BCUT2D eigenvalue weighted by atomic mass is 10.1. The summed E-state index contributed by atoms with van der Waals surface area (Å²) in [5, 5.41) is 6.88. The maximum Gasteiger partial charge on any atom is 0.191 e. The molecule has 1 aromatic rings. The van der Waals surface area contributed by atoms with Gasteiger partial charge >= 0.3 is 0 Å². The number of para-hydroxylation sites is 1. The Kier molecular flexibility index (Phi) is 8.29. The number of hydrogen-bond acceptors (Lipinski definition) is 3. The number of halogens is 1. The van der Waals surface area contributed by atoms with E-state index in [1.54, 1.807) is 0 Å². The largest absolute Gasteiger partial charge is 0.494 e. The van der Waals surface area contributed by atoms with Crippen molar-refractivity contribution in [1.82, 2.24) is 15.5 Å². The highest BCUT2D eigenvalue weighted by Crippen LogP contribution is 2.31. The molecule has 1 aliphatic heterocycles. The van der Waals surface area contributed by atoms with Gasteiger partial charge in [0, 0.05) is 38.3 Å². The molecule has 0 aromatic heterocycles. The first-order chi connectivity index (χ1) is 11.8. The van der Waals surface area contributed by atoms with Crippen molar-refractivity contribution in [3.05, 3.63) is 29.8 Å². The maximum absolute atomic E-state index is 5.68. The average molecular weight is 458 g/mol. The SMILES string of the molecule is CCOc1ccccc1CNC(=NC)NCC1CCN(C2CC2)C1.I. The molecule has 0 spiro atoms. The van der Waals surface area contributed by atoms with E-state index in [9.17, 15) is 0 Å². The van der Waals surface area contributed by atoms with E-state index >= 15 is 0 Å². The molecule has 0 amide bonds. The van der Waals surface area contributed by atoms with Gasteiger partial charge in [-0.15, -0.1) is 24.0 Å². The molecule has 1 saturated carbocycles. The first-order valence-electron chi connectivity index (χ1n) is 9.19. The van der Waals surface area contributed by atoms with Gasteiger partial charge in [0.15, 0.2) is 5.96 Å². The molecule has 6 heteroatoms. The van der Waals surface area contributed by atoms with Crippen molar-refractivity contribution in [2.24, 2.45) is 10.9 Å². The third-order valence-electron chi connectivity index (χ3n) is 4.88. The normalized spacial score (nSPS) is 20.9. The fourth-order valence-corrected chi connectivity index (χ4v) is 3.39. The van der Waals surface area contributed by atoms with E-state index < -0.39 is 0 Å². The van der Waals surface area contributed by atoms with E-state index in [1.165, 1.54) is 32.4 Å². The number of aliphatic imine (C=N–C) groups is 1. The zero-order valence-corrected chi connectivity index (χ0v) is 17.7. The number of nitrogens with zero attached hydrogens (tertiary/aromatic N) is 2. The summed E-state index contributed by atoms with van der Waals surface area (Å²) >= 11 is 0. The number of hydrogen-bond donors (Lipinski definition) is 2. The van der Waals surface area contributed by atoms with E-state index in [0.29, 0.717) is 13.2 Å². The van der Waals surface area contributed by atoms with Crippen molar-refractivity contribution in [3.63, 3.8) is 0 Å². The third-order valence-corrected chi connectivity index (χ3v) is 4.88. The fourth-order valence-electron chi connectivity index (χ4n) is 3.39. The van der Waals surface area contributed by atoms with Crippen LogP contribution in [0.15, 0.2) is 29.3 Å². The van der Waals surface area contributed by atoms with Crippen LogP contribution in [0.3, 0.4) is 0 Å². The minimum Gasteiger partial charge on any atom is -0.494 e. The summed E-state index contributed by atoms with van der Waals surface area (Å²) < 4.78 is 5.68. The highest BCUT2D eigenvalue weighted by atomic mass is 127. The Labute approximate surface area is 168 Å². The van der Waals surface area contributed by atoms with Gasteiger partial charge in [-0.2, -0.15) is 0 Å². The molecule has 1 aliphatic carbocycles. The summed E-state index contributed by atoms with van der Waals surface area (Å²) in [6.07, 6.45) is 4.11. The highest BCUT2D eigenvalue weighted by Gasteiger charge is 2.34. The van der Waals surface area contributed by atoms with Crippen LogP contribution in [0.4, 0.5) is 0 Å². The number of likely N-dealkylation sites (tertiary alicyclic amines) is 1. The molecule has 25 heavy (non-hydrogen) atoms. The molecule has 5 nitrogen and oxygen atoms in total. The first-order valence-corrected chi connectivity index (χ1v) is 9.19. The second-order valence-electron chi connectivity index (χ2n) is 6.73. The van der Waals surface area contributed by atoms with E-state index in [4.69, 9.17) is 4.74 Å². The van der Waals surface area contributed by atoms with Crippen LogP contribution >= 0.6 is 24.0 Å². The van der Waals surface area contributed by atoms with E-state index in [2.05, 4.69) is 26.6 Å². The van der Waals surface area contributed by atoms with Crippen molar-refractivity contribution in [1.29, 1.82) is 0 Å². The van der Waals surface area contributed by atoms with Gasteiger partial charge in [-0.05, 0) is 44.7 Å². The highest BCUT2D eigenvalue weighted by molar-refractivity contribution is 14.0. The molecule has 3 rings (SSSR count). The van der Waals surface area contributed by atoms with Crippen molar-refractivity contribution >= 4 is 29.9 Å². The topological polar surface area (TPSA) is 48.9 Å². The van der Waals surface area contributed by atoms with Crippen molar-refractivity contribution in [2.75, 3.05) is 33.3 Å². The van der Waals surface area contributed by atoms with Gasteiger partial charge < -0.3 is 20.3 Å². The second-order valence-corrected chi connectivity index (χ2v) is 6.73. The van der Waals surface area contributed by atoms with Crippen molar-refractivity contribution in [3.8, 4) is 5.75 Å². The molecule has 0 bridgehead atoms. The van der Waals surface area contributed by atoms with Gasteiger partial charge in [-0.1, -0.05) is 18.2 Å². The van der Waals surface area contributed by atoms with Crippen LogP contribution in [-0.4, -0.2) is 50.2 Å². The summed E-state index contributed by atoms with van der Waals surface area (Å²) in [6, 6.07) is 9.05. The maximum atomic E-state index is 5.68. The van der Waals surface area contributed by atoms with Gasteiger partial charge in [0.2, 0.25) is 0 Å². The van der Waals surface area contributed by atoms with Gasteiger partial charge in [0.05, 0.1) is 6.61 Å². The molecular formula is C19H31IN4O. The quantitative estimate of drug-likeness (QED) is 0.375. The third kappa shape index (κ3) is 6.02. The Morgan fingerprint density at radius 3 is 2.76 bits per heavy atom. The Morgan fingerprint density at radius 2 is 2.04 bits per heavy atom. The standard InChI is InChI=1S/C19H30N4O.HI/c1-3-24-18-7-5-4-6-16(18)13-22-19(20-2)21-12-15-10-11-23(14-15)17-8-9-17;/h4-7,15,17H,3,8-14H2,1-2H3,(H2,20,21,22);1H. The average Bonchev–Trinajstić information content (AvgIpc) is 3.35. The van der Waals surface area contributed by atoms with Gasteiger partial charge in [0.1, 0.15) is 5.75 Å². The Balaban J connectivity index is 0.00000225. The monoisotopic (exact) mass is 458 g/mol. The van der Waals surface area contributed by atoms with Crippen LogP contribution < -0.4 is 15.4 Å². The summed E-state index contributed by atoms with van der Waals surface area (Å²) in [6.45, 7) is 6.91. The molecule has 1 unspecified atom stereocenters. The lowest BCUT2D eigenvalue weighted by molar-refractivity contribution is 0.314. The molecule has 2 N–H and O–H groups in total. The van der Waals surface area contributed by atoms with Crippen molar-refractivity contribution < 1.29 is 4.74 Å². The molecular weight excluding hydrogens is 427 g/mol. The molecule has 1 aromatic carbocycles. The van der Waals surface area contributed by atoms with Crippen LogP contribution in [0.5, 0.6) is 5.75 Å². The van der Waals surface area contributed by atoms with Crippen LogP contribution in [0.1, 0.15) is 31.7 Å². The predicted molar refractivity (Wildman–Crippen MR) is 114 cm³/mol. The zero-order valence-electron chi connectivity index (χ0n) is 15.3. The lowest BCUT2D eigenvalue weighted by Crippen LogP contribution is -2.40. The van der Waals surface area contributed by atoms with E-state index in [0.717, 1.165) is 35.8 Å². The first kappa shape index (κ1) is 20.3. The Morgan fingerprint density at radius 1 is 1.24 bits per heavy atom. The molecule has 1 heterocycles. The van der Waals surface area contributed by atoms with Gasteiger partial charge in [-0.25, -0.2) is 0 Å². The number of benzene rings is 1. The van der Waals surface area contributed by atoms with E-state index in [-0.39, 0.29) is 24.0 Å². The van der Waals surface area contributed by atoms with Crippen LogP contribution in [0.25, 0.3) is 0 Å². The Bertz CT molecular complexity index is 562. The lowest BCUT2D eigenvalue weighted by Gasteiger charge is -2.17. The van der Waals surface area contributed by atoms with Gasteiger partial charge in [0.25, 0.3) is 0 Å². The molecule has 140 valence electrons. The number of guanidine groups is 1. The van der Waals surface area contributed by atoms with Crippen LogP contribution in [-0.2, 0) is 6.54 Å². The number of nitrogens with one attached hydrogen (secondary N) is 2. The molecule has 2 fully saturated rings. The summed E-state index contributed by atoms with van der Waals surface area (Å²) in [4.78, 5) is 7.00. The molecule has 1 atom stereocenters. The summed E-state index contributed by atoms with van der Waals surface area (Å²) in [5.74, 6) is 2.55. The fraction of sp³-hybridized carbons (Fsp3) is 0.632. The number of rotatable bonds is 7. The number of ether oxygens (including phenoxy) is 1. The minimum atomic E-state index is 0.